The minimum atomic E-state index is -0.339. The van der Waals surface area contributed by atoms with Crippen molar-refractivity contribution in [2.45, 2.75) is 12.6 Å². The molecule has 5 heteroatoms. The van der Waals surface area contributed by atoms with Gasteiger partial charge in [-0.25, -0.2) is 0 Å². The number of hydrogen-bond acceptors (Lipinski definition) is 2. The fourth-order valence-electron chi connectivity index (χ4n) is 3.29. The number of nitro groups is 1. The molecule has 0 spiro atoms. The zero-order valence-electron chi connectivity index (χ0n) is 12.4. The van der Waals surface area contributed by atoms with Crippen molar-refractivity contribution in [3.8, 4) is 5.69 Å². The highest BCUT2D eigenvalue weighted by molar-refractivity contribution is 5.46. The lowest BCUT2D eigenvalue weighted by Crippen LogP contribution is -2.83. The van der Waals surface area contributed by atoms with Gasteiger partial charge in [0.05, 0.1) is 16.3 Å². The zero-order chi connectivity index (χ0) is 15.8. The second kappa shape index (κ2) is 5.37. The molecular formula is C18H16N3O2+. The molecular weight excluding hydrogens is 290 g/mol. The van der Waals surface area contributed by atoms with Crippen molar-refractivity contribution in [1.82, 2.24) is 4.57 Å². The molecule has 3 aromatic rings. The highest BCUT2D eigenvalue weighted by Crippen LogP contribution is 2.28. The van der Waals surface area contributed by atoms with Crippen LogP contribution in [0.5, 0.6) is 0 Å². The number of quaternary nitrogens is 1. The minimum Gasteiger partial charge on any atom is -0.331 e. The molecule has 4 rings (SSSR count). The molecule has 2 heterocycles. The predicted octanol–water partition coefficient (Wildman–Crippen LogP) is 2.55. The molecule has 1 aliphatic rings. The Balaban J connectivity index is 1.84. The monoisotopic (exact) mass is 306 g/mol. The zero-order valence-corrected chi connectivity index (χ0v) is 12.4. The number of fused-ring (bicyclic) bond motifs is 3. The Morgan fingerprint density at radius 1 is 1.09 bits per heavy atom. The third-order valence-corrected chi connectivity index (χ3v) is 4.36. The normalized spacial score (nSPS) is 16.3. The third-order valence-electron chi connectivity index (χ3n) is 4.36. The van der Waals surface area contributed by atoms with Gasteiger partial charge in [0.15, 0.2) is 6.04 Å². The molecule has 1 aromatic heterocycles. The molecule has 0 saturated heterocycles. The number of nitro benzene ring substituents is 1. The van der Waals surface area contributed by atoms with Crippen LogP contribution in [-0.4, -0.2) is 9.49 Å². The van der Waals surface area contributed by atoms with Gasteiger partial charge in [0.25, 0.3) is 5.69 Å². The van der Waals surface area contributed by atoms with Crippen LogP contribution in [0.25, 0.3) is 5.69 Å². The van der Waals surface area contributed by atoms with Gasteiger partial charge in [-0.3, -0.25) is 10.1 Å². The lowest BCUT2D eigenvalue weighted by molar-refractivity contribution is -0.702. The topological polar surface area (TPSA) is 64.7 Å². The van der Waals surface area contributed by atoms with E-state index in [0.29, 0.717) is 0 Å². The van der Waals surface area contributed by atoms with Crippen molar-refractivity contribution in [2.75, 3.05) is 0 Å². The van der Waals surface area contributed by atoms with Gasteiger partial charge in [-0.2, -0.15) is 0 Å². The van der Waals surface area contributed by atoms with Gasteiger partial charge in [0, 0.05) is 29.5 Å². The summed E-state index contributed by atoms with van der Waals surface area (Å²) in [6, 6.07) is 19.4. The predicted molar refractivity (Wildman–Crippen MR) is 86.3 cm³/mol. The summed E-state index contributed by atoms with van der Waals surface area (Å²) in [6.07, 6.45) is 2.05. The Hall–Kier alpha value is -2.92. The SMILES string of the molecule is O=[N+]([O-])c1cccc(C2[NH2+]Cc3ccccc3-n3cccc32)c1. The highest BCUT2D eigenvalue weighted by Gasteiger charge is 2.26. The molecule has 0 aliphatic carbocycles. The van der Waals surface area contributed by atoms with Crippen LogP contribution in [0.15, 0.2) is 66.9 Å². The van der Waals surface area contributed by atoms with Crippen molar-refractivity contribution >= 4 is 5.69 Å². The maximum absolute atomic E-state index is 11.1. The van der Waals surface area contributed by atoms with Gasteiger partial charge in [0.2, 0.25) is 0 Å². The van der Waals surface area contributed by atoms with Crippen molar-refractivity contribution < 1.29 is 10.2 Å². The molecule has 0 saturated carbocycles. The summed E-state index contributed by atoms with van der Waals surface area (Å²) in [5, 5.41) is 13.3. The molecule has 0 radical (unpaired) electrons. The van der Waals surface area contributed by atoms with Gasteiger partial charge in [-0.15, -0.1) is 0 Å². The number of non-ortho nitro benzene ring substituents is 1. The summed E-state index contributed by atoms with van der Waals surface area (Å²) in [6.45, 7) is 0.839. The van der Waals surface area contributed by atoms with E-state index in [1.54, 1.807) is 12.1 Å². The Morgan fingerprint density at radius 2 is 1.96 bits per heavy atom. The van der Waals surface area contributed by atoms with Crippen LogP contribution >= 0.6 is 0 Å². The largest absolute Gasteiger partial charge is 0.331 e. The van der Waals surface area contributed by atoms with Crippen LogP contribution in [0.1, 0.15) is 22.9 Å². The first-order valence-corrected chi connectivity index (χ1v) is 7.57. The fraction of sp³-hybridized carbons (Fsp3) is 0.111. The molecule has 23 heavy (non-hydrogen) atoms. The average Bonchev–Trinajstić information content (AvgIpc) is 2.99. The molecule has 1 unspecified atom stereocenters. The number of para-hydroxylation sites is 1. The third kappa shape index (κ3) is 2.31. The van der Waals surface area contributed by atoms with Crippen molar-refractivity contribution in [2.24, 2.45) is 0 Å². The second-order valence-corrected chi connectivity index (χ2v) is 5.70. The van der Waals surface area contributed by atoms with E-state index in [9.17, 15) is 10.1 Å². The molecule has 1 aliphatic heterocycles. The lowest BCUT2D eigenvalue weighted by Gasteiger charge is -2.14. The average molecular weight is 306 g/mol. The number of rotatable bonds is 2. The Labute approximate surface area is 133 Å². The number of benzene rings is 2. The van der Waals surface area contributed by atoms with E-state index in [4.69, 9.17) is 0 Å². The molecule has 1 atom stereocenters. The molecule has 2 aromatic carbocycles. The summed E-state index contributed by atoms with van der Waals surface area (Å²) in [5.74, 6) is 0. The number of nitrogens with two attached hydrogens (primary N) is 1. The van der Waals surface area contributed by atoms with Crippen molar-refractivity contribution in [3.63, 3.8) is 0 Å². The second-order valence-electron chi connectivity index (χ2n) is 5.70. The molecule has 0 amide bonds. The first-order valence-electron chi connectivity index (χ1n) is 7.57. The van der Waals surface area contributed by atoms with E-state index in [-0.39, 0.29) is 16.7 Å². The molecule has 0 fully saturated rings. The summed E-state index contributed by atoms with van der Waals surface area (Å²) < 4.78 is 2.18. The quantitative estimate of drug-likeness (QED) is 0.584. The van der Waals surface area contributed by atoms with Crippen LogP contribution in [0.3, 0.4) is 0 Å². The lowest BCUT2D eigenvalue weighted by atomic mass is 10.0. The number of nitrogens with zero attached hydrogens (tertiary/aromatic N) is 2. The van der Waals surface area contributed by atoms with Gasteiger partial charge in [-0.1, -0.05) is 30.3 Å². The van der Waals surface area contributed by atoms with Crippen LogP contribution in [0, 0.1) is 10.1 Å². The smallest absolute Gasteiger partial charge is 0.269 e. The summed E-state index contributed by atoms with van der Waals surface area (Å²) >= 11 is 0. The summed E-state index contributed by atoms with van der Waals surface area (Å²) in [4.78, 5) is 10.7. The van der Waals surface area contributed by atoms with Gasteiger partial charge in [-0.05, 0) is 18.2 Å². The maximum atomic E-state index is 11.1. The summed E-state index contributed by atoms with van der Waals surface area (Å²) in [7, 11) is 0. The van der Waals surface area contributed by atoms with E-state index in [2.05, 4.69) is 34.3 Å². The highest BCUT2D eigenvalue weighted by atomic mass is 16.6. The number of aromatic nitrogens is 1. The van der Waals surface area contributed by atoms with Crippen LogP contribution in [-0.2, 0) is 6.54 Å². The van der Waals surface area contributed by atoms with Crippen molar-refractivity contribution in [3.05, 3.63) is 93.8 Å². The summed E-state index contributed by atoms with van der Waals surface area (Å²) in [5.41, 5.74) is 4.66. The van der Waals surface area contributed by atoms with E-state index in [0.717, 1.165) is 17.8 Å². The van der Waals surface area contributed by atoms with Crippen LogP contribution < -0.4 is 5.32 Å². The molecule has 2 N–H and O–H groups in total. The molecule has 5 nitrogen and oxygen atoms in total. The van der Waals surface area contributed by atoms with Gasteiger partial charge < -0.3 is 9.88 Å². The number of hydrogen-bond donors (Lipinski definition) is 1. The first kappa shape index (κ1) is 13.7. The van der Waals surface area contributed by atoms with E-state index < -0.39 is 0 Å². The molecule has 0 bridgehead atoms. The van der Waals surface area contributed by atoms with Crippen LogP contribution in [0.4, 0.5) is 5.69 Å². The van der Waals surface area contributed by atoms with E-state index >= 15 is 0 Å². The fourth-order valence-corrected chi connectivity index (χ4v) is 3.29. The minimum absolute atomic E-state index is 0.0392. The standard InChI is InChI=1S/C18H15N3O2/c22-21(23)15-7-3-6-13(11-15)18-17-9-4-10-20(17)16-8-2-1-5-14(16)12-19-18/h1-11,18-19H,12H2/p+1. The van der Waals surface area contributed by atoms with Gasteiger partial charge >= 0.3 is 0 Å². The van der Waals surface area contributed by atoms with E-state index in [1.165, 1.54) is 17.3 Å². The Bertz CT molecular complexity index is 885. The van der Waals surface area contributed by atoms with Gasteiger partial charge in [0.1, 0.15) is 6.54 Å². The Kier molecular flexibility index (Phi) is 3.20. The molecule has 114 valence electrons. The van der Waals surface area contributed by atoms with Crippen LogP contribution in [0.2, 0.25) is 0 Å². The maximum Gasteiger partial charge on any atom is 0.269 e. The first-order chi connectivity index (χ1) is 11.2. The Morgan fingerprint density at radius 3 is 2.83 bits per heavy atom. The van der Waals surface area contributed by atoms with Crippen molar-refractivity contribution in [1.29, 1.82) is 0 Å². The van der Waals surface area contributed by atoms with E-state index in [1.807, 2.05) is 24.3 Å².